The normalized spacial score (nSPS) is 6.78. The minimum absolute atomic E-state index is 0. The molecule has 0 rings (SSSR count). The Kier molecular flexibility index (Phi) is 19.3. The minimum atomic E-state index is -0.693. The largest absolute Gasteiger partial charge is 0.481 e. The summed E-state index contributed by atoms with van der Waals surface area (Å²) in [5.74, 6) is -0.693. The van der Waals surface area contributed by atoms with Gasteiger partial charge in [-0.3, -0.25) is 4.79 Å². The van der Waals surface area contributed by atoms with Crippen molar-refractivity contribution in [1.29, 1.82) is 0 Å². The van der Waals surface area contributed by atoms with Crippen molar-refractivity contribution in [2.75, 3.05) is 0 Å². The van der Waals surface area contributed by atoms with Crippen molar-refractivity contribution >= 4 is 23.3 Å². The van der Waals surface area contributed by atoms with E-state index in [1.165, 1.54) is 0 Å². The van der Waals surface area contributed by atoms with Crippen LogP contribution in [-0.4, -0.2) is 33.9 Å². The third-order valence-corrected chi connectivity index (χ3v) is 0.744. The van der Waals surface area contributed by atoms with Gasteiger partial charge in [-0.2, -0.15) is 0 Å². The van der Waals surface area contributed by atoms with Gasteiger partial charge < -0.3 is 10.6 Å². The summed E-state index contributed by atoms with van der Waals surface area (Å²) in [6, 6.07) is 0. The Balaban J connectivity index is -0.000000180. The van der Waals surface area contributed by atoms with Crippen LogP contribution in [0, 0.1) is 0 Å². The molecule has 0 saturated heterocycles. The second-order valence-electron chi connectivity index (χ2n) is 1.50. The van der Waals surface area contributed by atoms with Crippen LogP contribution in [0.5, 0.6) is 0 Å². The van der Waals surface area contributed by atoms with Crippen molar-refractivity contribution in [1.82, 2.24) is 0 Å². The Hall–Kier alpha value is -0.0375. The first-order valence-electron chi connectivity index (χ1n) is 2.49. The standard InChI is InChI=1S/C5H10O2.Al.H2O.2H/c1-2-3-4-5(6)7;;;;/h2-4H2,1H3,(H,6,7);;1H2;;. The average molecular weight is 149 g/mol. The summed E-state index contributed by atoms with van der Waals surface area (Å²) in [6.45, 7) is 1.98. The molecule has 0 aliphatic carbocycles. The Labute approximate surface area is 65.5 Å². The first-order chi connectivity index (χ1) is 3.27. The van der Waals surface area contributed by atoms with E-state index in [0.717, 1.165) is 12.8 Å². The van der Waals surface area contributed by atoms with Gasteiger partial charge in [0.25, 0.3) is 0 Å². The van der Waals surface area contributed by atoms with Gasteiger partial charge in [0.05, 0.1) is 0 Å². The molecule has 0 aliphatic heterocycles. The maximum atomic E-state index is 9.76. The fourth-order valence-corrected chi connectivity index (χ4v) is 0.328. The zero-order chi connectivity index (χ0) is 5.70. The lowest BCUT2D eigenvalue weighted by Crippen LogP contribution is -1.91. The van der Waals surface area contributed by atoms with Gasteiger partial charge in [-0.05, 0) is 6.42 Å². The molecule has 0 aromatic heterocycles. The fraction of sp³-hybridized carbons (Fsp3) is 0.800. The summed E-state index contributed by atoms with van der Waals surface area (Å²) in [5, 5.41) is 8.04. The van der Waals surface area contributed by atoms with Gasteiger partial charge in [-0.15, -0.1) is 0 Å². The van der Waals surface area contributed by atoms with E-state index in [0.29, 0.717) is 6.42 Å². The molecule has 0 aromatic rings. The van der Waals surface area contributed by atoms with E-state index in [9.17, 15) is 4.79 Å². The molecule has 0 aromatic carbocycles. The number of carbonyl (C=O) groups is 1. The summed E-state index contributed by atoms with van der Waals surface area (Å²) >= 11 is 0. The number of hydrogen-bond donors (Lipinski definition) is 1. The number of hydrogen-bond acceptors (Lipinski definition) is 1. The topological polar surface area (TPSA) is 68.8 Å². The van der Waals surface area contributed by atoms with E-state index in [1.54, 1.807) is 0 Å². The predicted molar refractivity (Wildman–Crippen MR) is 39.3 cm³/mol. The Morgan fingerprint density at radius 3 is 2.11 bits per heavy atom. The molecule has 0 heterocycles. The molecule has 1 radical (unpaired) electrons. The van der Waals surface area contributed by atoms with Crippen molar-refractivity contribution < 1.29 is 15.4 Å². The van der Waals surface area contributed by atoms with Crippen molar-refractivity contribution in [3.63, 3.8) is 0 Å². The predicted octanol–water partition coefficient (Wildman–Crippen LogP) is -0.480. The number of carboxylic acid groups (broad SMARTS) is 1. The van der Waals surface area contributed by atoms with Gasteiger partial charge in [0.15, 0.2) is 0 Å². The van der Waals surface area contributed by atoms with Crippen LogP contribution < -0.4 is 0 Å². The maximum Gasteiger partial charge on any atom is 0.303 e. The van der Waals surface area contributed by atoms with E-state index in [4.69, 9.17) is 5.11 Å². The number of rotatable bonds is 3. The summed E-state index contributed by atoms with van der Waals surface area (Å²) in [6.07, 6.45) is 2.08. The molecule has 0 aliphatic rings. The molecular weight excluding hydrogens is 135 g/mol. The minimum Gasteiger partial charge on any atom is -0.481 e. The molecule has 0 saturated carbocycles. The Bertz CT molecular complexity index is 65.2. The van der Waals surface area contributed by atoms with Gasteiger partial charge in [0.2, 0.25) is 0 Å². The maximum absolute atomic E-state index is 9.76. The van der Waals surface area contributed by atoms with Crippen LogP contribution in [0.2, 0.25) is 0 Å². The highest BCUT2D eigenvalue weighted by Crippen LogP contribution is 1.91. The van der Waals surface area contributed by atoms with Crippen LogP contribution in [0.25, 0.3) is 0 Å². The molecule has 0 spiro atoms. The molecule has 9 heavy (non-hydrogen) atoms. The number of unbranched alkanes of at least 4 members (excludes halogenated alkanes) is 1. The van der Waals surface area contributed by atoms with Crippen LogP contribution in [-0.2, 0) is 4.79 Å². The first kappa shape index (κ1) is 16.0. The van der Waals surface area contributed by atoms with Crippen LogP contribution >= 0.6 is 0 Å². The van der Waals surface area contributed by atoms with Crippen LogP contribution in [0.15, 0.2) is 0 Å². The van der Waals surface area contributed by atoms with Crippen molar-refractivity contribution in [2.24, 2.45) is 0 Å². The highest BCUT2D eigenvalue weighted by atomic mass is 27.0. The summed E-state index contributed by atoms with van der Waals surface area (Å²) < 4.78 is 0. The lowest BCUT2D eigenvalue weighted by molar-refractivity contribution is -0.137. The quantitative estimate of drug-likeness (QED) is 0.550. The summed E-state index contributed by atoms with van der Waals surface area (Å²) in [4.78, 5) is 9.76. The van der Waals surface area contributed by atoms with E-state index in [2.05, 4.69) is 0 Å². The van der Waals surface area contributed by atoms with E-state index in [-0.39, 0.29) is 22.8 Å². The second kappa shape index (κ2) is 10.9. The third kappa shape index (κ3) is 18.0. The molecule has 4 heteroatoms. The number of carboxylic acids is 1. The molecule has 3 N–H and O–H groups in total. The van der Waals surface area contributed by atoms with E-state index < -0.39 is 5.97 Å². The van der Waals surface area contributed by atoms with Gasteiger partial charge in [0.1, 0.15) is 17.4 Å². The van der Waals surface area contributed by atoms with E-state index in [1.807, 2.05) is 6.92 Å². The lowest BCUT2D eigenvalue weighted by atomic mass is 10.3. The number of aliphatic carboxylic acids is 1. The first-order valence-corrected chi connectivity index (χ1v) is 2.49. The van der Waals surface area contributed by atoms with Crippen molar-refractivity contribution in [2.45, 2.75) is 26.2 Å². The molecule has 0 bridgehead atoms. The van der Waals surface area contributed by atoms with Crippen LogP contribution in [0.4, 0.5) is 0 Å². The SMILES string of the molecule is CCCCC(=O)O.O.[AlH2]. The van der Waals surface area contributed by atoms with Gasteiger partial charge in [-0.25, -0.2) is 0 Å². The van der Waals surface area contributed by atoms with E-state index >= 15 is 0 Å². The molecule has 0 atom stereocenters. The highest BCUT2D eigenvalue weighted by Gasteiger charge is 1.90. The average Bonchev–Trinajstić information content (AvgIpc) is 1.61. The van der Waals surface area contributed by atoms with Crippen molar-refractivity contribution in [3.05, 3.63) is 0 Å². The van der Waals surface area contributed by atoms with Crippen LogP contribution in [0.3, 0.4) is 0 Å². The summed E-state index contributed by atoms with van der Waals surface area (Å²) in [7, 11) is 0. The fourth-order valence-electron chi connectivity index (χ4n) is 0.328. The highest BCUT2D eigenvalue weighted by molar-refractivity contribution is 5.75. The van der Waals surface area contributed by atoms with Crippen molar-refractivity contribution in [3.8, 4) is 0 Å². The van der Waals surface area contributed by atoms with Gasteiger partial charge in [-0.1, -0.05) is 13.3 Å². The molecular formula is C5H14AlO3. The van der Waals surface area contributed by atoms with Crippen LogP contribution in [0.1, 0.15) is 26.2 Å². The molecule has 0 amide bonds. The Morgan fingerprint density at radius 1 is 1.56 bits per heavy atom. The zero-order valence-electron chi connectivity index (χ0n) is 5.98. The monoisotopic (exact) mass is 149 g/mol. The van der Waals surface area contributed by atoms with Gasteiger partial charge in [0, 0.05) is 6.42 Å². The molecule has 55 valence electrons. The molecule has 0 fully saturated rings. The Morgan fingerprint density at radius 2 is 2.00 bits per heavy atom. The lowest BCUT2D eigenvalue weighted by Gasteiger charge is -1.85. The second-order valence-corrected chi connectivity index (χ2v) is 1.50. The smallest absolute Gasteiger partial charge is 0.303 e. The molecule has 3 nitrogen and oxygen atoms in total. The van der Waals surface area contributed by atoms with Gasteiger partial charge >= 0.3 is 5.97 Å². The summed E-state index contributed by atoms with van der Waals surface area (Å²) in [5.41, 5.74) is 0. The zero-order valence-corrected chi connectivity index (χ0v) is 7.98. The third-order valence-electron chi connectivity index (χ3n) is 0.744. The molecule has 0 unspecified atom stereocenters.